The first-order valence-electron chi connectivity index (χ1n) is 10.8. The monoisotopic (exact) mass is 431 g/mol. The summed E-state index contributed by atoms with van der Waals surface area (Å²) in [5, 5.41) is 8.86. The van der Waals surface area contributed by atoms with E-state index >= 15 is 0 Å². The second-order valence-electron chi connectivity index (χ2n) is 6.49. The second kappa shape index (κ2) is 8.75. The van der Waals surface area contributed by atoms with E-state index in [2.05, 4.69) is 0 Å². The van der Waals surface area contributed by atoms with Crippen molar-refractivity contribution in [3.05, 3.63) is 52.7 Å². The Morgan fingerprint density at radius 2 is 2.07 bits per heavy atom. The Morgan fingerprint density at radius 3 is 2.62 bits per heavy atom. The van der Waals surface area contributed by atoms with Crippen LogP contribution >= 0.6 is 0 Å². The Labute approximate surface area is 174 Å². The van der Waals surface area contributed by atoms with Crippen LogP contribution in [-0.4, -0.2) is 41.7 Å². The largest absolute Gasteiger partial charge is 0.494 e. The van der Waals surface area contributed by atoms with E-state index < -0.39 is 51.7 Å². The van der Waals surface area contributed by atoms with Crippen molar-refractivity contribution in [3.8, 4) is 16.9 Å². The maximum atomic E-state index is 14.8. The first kappa shape index (κ1) is 16.1. The van der Waals surface area contributed by atoms with Crippen LogP contribution in [0.4, 0.5) is 4.39 Å². The van der Waals surface area contributed by atoms with Crippen LogP contribution in [-0.2, 0) is 21.2 Å². The van der Waals surface area contributed by atoms with Gasteiger partial charge in [0.25, 0.3) is 11.5 Å². The third-order valence-electron chi connectivity index (χ3n) is 4.64. The van der Waals surface area contributed by atoms with E-state index in [1.54, 1.807) is 0 Å². The molecule has 0 saturated heterocycles. The van der Waals surface area contributed by atoms with Crippen molar-refractivity contribution >= 4 is 15.7 Å². The van der Waals surface area contributed by atoms with E-state index in [0.717, 1.165) is 30.0 Å². The van der Waals surface area contributed by atoms with E-state index in [0.29, 0.717) is 0 Å². The number of pyridine rings is 1. The summed E-state index contributed by atoms with van der Waals surface area (Å²) in [4.78, 5) is 24.4. The maximum absolute atomic E-state index is 14.8. The van der Waals surface area contributed by atoms with E-state index in [1.807, 2.05) is 0 Å². The minimum Gasteiger partial charge on any atom is -0.494 e. The van der Waals surface area contributed by atoms with Gasteiger partial charge in [0.2, 0.25) is 0 Å². The Hall–Kier alpha value is -2.72. The van der Waals surface area contributed by atoms with Crippen LogP contribution in [0.25, 0.3) is 11.1 Å². The number of rotatable bonds is 8. The molecule has 1 heterocycles. The van der Waals surface area contributed by atoms with E-state index in [9.17, 15) is 22.4 Å². The van der Waals surface area contributed by atoms with Gasteiger partial charge in [-0.25, -0.2) is 18.3 Å². The van der Waals surface area contributed by atoms with Gasteiger partial charge in [0.05, 0.1) is 9.30 Å². The molecule has 0 saturated carbocycles. The number of sulfone groups is 1. The number of hydrogen-bond donors (Lipinski definition) is 2. The first-order valence-corrected chi connectivity index (χ1v) is 10.2. The zero-order valence-electron chi connectivity index (χ0n) is 20.6. The number of amides is 1. The normalized spacial score (nSPS) is 17.0. The molecule has 0 radical (unpaired) electrons. The predicted molar refractivity (Wildman–Crippen MR) is 105 cm³/mol. The summed E-state index contributed by atoms with van der Waals surface area (Å²) < 4.78 is 78.9. The molecule has 1 aromatic heterocycles. The van der Waals surface area contributed by atoms with Crippen molar-refractivity contribution in [3.63, 3.8) is 0 Å². The minimum absolute atomic E-state index is 0.120. The third-order valence-corrected chi connectivity index (χ3v) is 6.67. The molecule has 0 fully saturated rings. The van der Waals surface area contributed by atoms with Crippen molar-refractivity contribution in [2.75, 3.05) is 12.8 Å². The lowest BCUT2D eigenvalue weighted by Gasteiger charge is -2.25. The lowest BCUT2D eigenvalue weighted by molar-refractivity contribution is -0.131. The van der Waals surface area contributed by atoms with Crippen LogP contribution in [0.15, 0.2) is 41.3 Å². The van der Waals surface area contributed by atoms with Gasteiger partial charge in [-0.05, 0) is 37.9 Å². The number of benzene rings is 1. The van der Waals surface area contributed by atoms with Gasteiger partial charge in [0.1, 0.15) is 11.6 Å². The fraction of sp³-hybridized carbons (Fsp3) is 0.368. The quantitative estimate of drug-likeness (QED) is 0.486. The van der Waals surface area contributed by atoms with Gasteiger partial charge in [0, 0.05) is 34.7 Å². The maximum Gasteiger partial charge on any atom is 0.264 e. The topological polar surface area (TPSA) is 115 Å². The second-order valence-corrected chi connectivity index (χ2v) is 8.93. The number of halogens is 1. The van der Waals surface area contributed by atoms with Crippen molar-refractivity contribution in [1.29, 1.82) is 0 Å². The highest BCUT2D eigenvalue weighted by molar-refractivity contribution is 7.92. The van der Waals surface area contributed by atoms with Crippen LogP contribution in [0, 0.1) is 5.82 Å². The molecule has 0 aliphatic rings. The average molecular weight is 431 g/mol. The number of hydrogen-bond acceptors (Lipinski definition) is 6. The van der Waals surface area contributed by atoms with E-state index in [4.69, 9.17) is 16.8 Å². The standard InChI is InChI=1S/C19H23FN2O6S/c1-4-28-14-7-5-13(6-8-14)15-11-17(23)22(12-16(15)20)10-9-19(2,18(24)21-25)29(3,26)27/h5-8,11-12,25H,4,9-10H2,1-3H3,(H,21,24)/t19-/m1/s1/i1D3,4D2. The molecule has 0 aliphatic heterocycles. The fourth-order valence-corrected chi connectivity index (χ4v) is 3.47. The predicted octanol–water partition coefficient (Wildman–Crippen LogP) is 1.75. The van der Waals surface area contributed by atoms with Crippen LogP contribution in [0.5, 0.6) is 5.75 Å². The Morgan fingerprint density at radius 1 is 1.41 bits per heavy atom. The molecule has 2 rings (SSSR count). The number of nitrogens with one attached hydrogen (secondary N) is 1. The van der Waals surface area contributed by atoms with E-state index in [1.165, 1.54) is 29.7 Å². The molecular weight excluding hydrogens is 403 g/mol. The number of ether oxygens (including phenoxy) is 1. The number of aromatic nitrogens is 1. The van der Waals surface area contributed by atoms with Crippen LogP contribution in [0.3, 0.4) is 0 Å². The molecule has 8 nitrogen and oxygen atoms in total. The summed E-state index contributed by atoms with van der Waals surface area (Å²) in [7, 11) is -4.00. The highest BCUT2D eigenvalue weighted by atomic mass is 32.2. The number of carbonyl (C=O) groups is 1. The molecule has 0 unspecified atom stereocenters. The summed E-state index contributed by atoms with van der Waals surface area (Å²) in [5.41, 5.74) is 0.681. The van der Waals surface area contributed by atoms with Crippen LogP contribution in [0.1, 0.15) is 27.1 Å². The Kier molecular flexibility index (Phi) is 4.86. The van der Waals surface area contributed by atoms with E-state index in [-0.39, 0.29) is 23.4 Å². The summed E-state index contributed by atoms with van der Waals surface area (Å²) in [5.74, 6) is -2.16. The van der Waals surface area contributed by atoms with Gasteiger partial charge in [0.15, 0.2) is 14.6 Å². The average Bonchev–Trinajstić information content (AvgIpc) is 2.72. The van der Waals surface area contributed by atoms with Crippen molar-refractivity contribution in [2.24, 2.45) is 0 Å². The number of carbonyl (C=O) groups excluding carboxylic acids is 1. The van der Waals surface area contributed by atoms with Crippen molar-refractivity contribution in [2.45, 2.75) is 31.5 Å². The molecule has 1 amide bonds. The molecular formula is C19H23FN2O6S. The molecule has 0 spiro atoms. The van der Waals surface area contributed by atoms with Crippen molar-refractivity contribution in [1.82, 2.24) is 10.0 Å². The smallest absolute Gasteiger partial charge is 0.264 e. The van der Waals surface area contributed by atoms with Gasteiger partial charge >= 0.3 is 0 Å². The molecule has 29 heavy (non-hydrogen) atoms. The Bertz CT molecular complexity index is 1230. The molecule has 1 aromatic carbocycles. The van der Waals surface area contributed by atoms with Crippen LogP contribution in [0.2, 0.25) is 0 Å². The van der Waals surface area contributed by atoms with Gasteiger partial charge in [-0.3, -0.25) is 14.8 Å². The summed E-state index contributed by atoms with van der Waals surface area (Å²) >= 11 is 0. The zero-order chi connectivity index (χ0) is 26.1. The SMILES string of the molecule is [2H]C([2H])([2H])C([2H])([2H])Oc1ccc(-c2cc(=O)n(CC[C@](C)(C(=O)NO)S(C)(=O)=O)cc2F)cc1. The summed E-state index contributed by atoms with van der Waals surface area (Å²) in [6, 6.07) is 6.00. The van der Waals surface area contributed by atoms with Crippen LogP contribution < -0.4 is 15.8 Å². The zero-order valence-corrected chi connectivity index (χ0v) is 16.4. The minimum atomic E-state index is -4.00. The van der Waals surface area contributed by atoms with Gasteiger partial charge in [-0.15, -0.1) is 0 Å². The highest BCUT2D eigenvalue weighted by Gasteiger charge is 2.43. The number of aryl methyl sites for hydroxylation is 1. The van der Waals surface area contributed by atoms with Crippen molar-refractivity contribution < 1.29 is 34.4 Å². The number of hydroxylamine groups is 1. The fourth-order valence-electron chi connectivity index (χ4n) is 2.62. The molecule has 2 aromatic rings. The number of nitrogens with zero attached hydrogens (tertiary/aromatic N) is 1. The van der Waals surface area contributed by atoms with Gasteiger partial charge in [-0.1, -0.05) is 12.1 Å². The lowest BCUT2D eigenvalue weighted by atomic mass is 10.1. The lowest BCUT2D eigenvalue weighted by Crippen LogP contribution is -2.50. The summed E-state index contributed by atoms with van der Waals surface area (Å²) in [6.45, 7) is -5.26. The molecule has 1 atom stereocenters. The highest BCUT2D eigenvalue weighted by Crippen LogP contribution is 2.25. The first-order chi connectivity index (χ1) is 15.4. The molecule has 0 bridgehead atoms. The summed E-state index contributed by atoms with van der Waals surface area (Å²) in [6.07, 6.45) is 1.22. The molecule has 158 valence electrons. The third kappa shape index (κ3) is 4.83. The van der Waals surface area contributed by atoms with Gasteiger partial charge < -0.3 is 9.30 Å². The molecule has 2 N–H and O–H groups in total. The molecule has 10 heteroatoms. The Balaban J connectivity index is 2.29. The van der Waals surface area contributed by atoms with Gasteiger partial charge in [-0.2, -0.15) is 0 Å². The molecule has 0 aliphatic carbocycles.